The van der Waals surface area contributed by atoms with Gasteiger partial charge in [0.15, 0.2) is 0 Å². The summed E-state index contributed by atoms with van der Waals surface area (Å²) in [6.45, 7) is 6.48. The summed E-state index contributed by atoms with van der Waals surface area (Å²) in [5.41, 5.74) is 4.97. The van der Waals surface area contributed by atoms with Crippen molar-refractivity contribution in [3.05, 3.63) is 59.4 Å². The molecule has 0 fully saturated rings. The third-order valence-electron chi connectivity index (χ3n) is 3.23. The van der Waals surface area contributed by atoms with Gasteiger partial charge in [0.05, 0.1) is 11.7 Å². The smallest absolute Gasteiger partial charge is 0.0657 e. The number of nitrogens with one attached hydrogen (secondary N) is 1. The van der Waals surface area contributed by atoms with Crippen molar-refractivity contribution in [2.24, 2.45) is 0 Å². The average molecular weight is 240 g/mol. The molecule has 1 atom stereocenters. The zero-order valence-electron chi connectivity index (χ0n) is 11.3. The molecule has 2 heteroatoms. The zero-order valence-corrected chi connectivity index (χ0v) is 11.3. The second-order valence-electron chi connectivity index (χ2n) is 4.58. The maximum absolute atomic E-state index is 4.40. The van der Waals surface area contributed by atoms with Gasteiger partial charge in [-0.3, -0.25) is 4.98 Å². The van der Waals surface area contributed by atoms with Crippen LogP contribution in [0.4, 0.5) is 5.69 Å². The van der Waals surface area contributed by atoms with E-state index in [1.165, 1.54) is 16.8 Å². The summed E-state index contributed by atoms with van der Waals surface area (Å²) in [5.74, 6) is 0. The van der Waals surface area contributed by atoms with Crippen LogP contribution in [0, 0.1) is 6.92 Å². The van der Waals surface area contributed by atoms with Crippen LogP contribution in [0.1, 0.15) is 36.7 Å². The number of anilines is 1. The molecule has 0 aliphatic rings. The van der Waals surface area contributed by atoms with Crippen LogP contribution >= 0.6 is 0 Å². The Hall–Kier alpha value is -1.83. The molecule has 0 saturated carbocycles. The summed E-state index contributed by atoms with van der Waals surface area (Å²) in [6, 6.07) is 12.7. The number of hydrogen-bond acceptors (Lipinski definition) is 2. The first-order valence-electron chi connectivity index (χ1n) is 6.48. The average Bonchev–Trinajstić information content (AvgIpc) is 2.42. The van der Waals surface area contributed by atoms with Crippen LogP contribution in [-0.2, 0) is 6.42 Å². The second kappa shape index (κ2) is 5.67. The van der Waals surface area contributed by atoms with Gasteiger partial charge in [0, 0.05) is 11.9 Å². The van der Waals surface area contributed by atoms with E-state index in [9.17, 15) is 0 Å². The lowest BCUT2D eigenvalue weighted by Gasteiger charge is -2.19. The molecule has 2 rings (SSSR count). The van der Waals surface area contributed by atoms with Crippen molar-refractivity contribution in [1.29, 1.82) is 0 Å². The molecule has 0 amide bonds. The van der Waals surface area contributed by atoms with Gasteiger partial charge in [-0.1, -0.05) is 31.2 Å². The van der Waals surface area contributed by atoms with E-state index in [4.69, 9.17) is 0 Å². The number of nitrogens with zero attached hydrogens (tertiary/aromatic N) is 1. The van der Waals surface area contributed by atoms with Gasteiger partial charge in [-0.2, -0.15) is 0 Å². The lowest BCUT2D eigenvalue weighted by atomic mass is 10.0. The van der Waals surface area contributed by atoms with Gasteiger partial charge >= 0.3 is 0 Å². The van der Waals surface area contributed by atoms with Crippen molar-refractivity contribution in [2.75, 3.05) is 5.32 Å². The number of aryl methyl sites for hydroxylation is 2. The summed E-state index contributed by atoms with van der Waals surface area (Å²) in [6.07, 6.45) is 2.88. The number of benzene rings is 1. The van der Waals surface area contributed by atoms with E-state index in [0.717, 1.165) is 12.1 Å². The summed E-state index contributed by atoms with van der Waals surface area (Å²) < 4.78 is 0. The predicted molar refractivity (Wildman–Crippen MR) is 76.8 cm³/mol. The fourth-order valence-corrected chi connectivity index (χ4v) is 2.15. The van der Waals surface area contributed by atoms with Crippen molar-refractivity contribution >= 4 is 5.69 Å². The van der Waals surface area contributed by atoms with Crippen LogP contribution in [0.2, 0.25) is 0 Å². The first-order valence-corrected chi connectivity index (χ1v) is 6.48. The van der Waals surface area contributed by atoms with Gasteiger partial charge in [0.2, 0.25) is 0 Å². The molecule has 1 aromatic heterocycles. The van der Waals surface area contributed by atoms with Crippen LogP contribution in [0.3, 0.4) is 0 Å². The summed E-state index contributed by atoms with van der Waals surface area (Å²) >= 11 is 0. The van der Waals surface area contributed by atoms with E-state index in [-0.39, 0.29) is 6.04 Å². The topological polar surface area (TPSA) is 24.9 Å². The second-order valence-corrected chi connectivity index (χ2v) is 4.58. The van der Waals surface area contributed by atoms with Gasteiger partial charge in [-0.05, 0) is 43.5 Å². The molecule has 0 spiro atoms. The highest BCUT2D eigenvalue weighted by Gasteiger charge is 2.10. The van der Waals surface area contributed by atoms with Crippen molar-refractivity contribution in [1.82, 2.24) is 4.98 Å². The molecule has 0 bridgehead atoms. The Bertz CT molecular complexity index is 506. The monoisotopic (exact) mass is 240 g/mol. The van der Waals surface area contributed by atoms with Crippen molar-refractivity contribution < 1.29 is 0 Å². The Balaban J connectivity index is 2.24. The molecule has 0 saturated heterocycles. The molecule has 2 aromatic rings. The highest BCUT2D eigenvalue weighted by Crippen LogP contribution is 2.25. The van der Waals surface area contributed by atoms with Crippen molar-refractivity contribution in [3.8, 4) is 0 Å². The molecule has 0 radical (unpaired) electrons. The highest BCUT2D eigenvalue weighted by molar-refractivity contribution is 5.58. The van der Waals surface area contributed by atoms with E-state index in [1.54, 1.807) is 0 Å². The van der Waals surface area contributed by atoms with E-state index >= 15 is 0 Å². The molecule has 1 unspecified atom stereocenters. The Morgan fingerprint density at radius 1 is 1.17 bits per heavy atom. The molecule has 2 nitrogen and oxygen atoms in total. The van der Waals surface area contributed by atoms with E-state index in [1.807, 2.05) is 18.3 Å². The predicted octanol–water partition coefficient (Wildman–Crippen LogP) is 4.13. The lowest BCUT2D eigenvalue weighted by molar-refractivity contribution is 0.834. The quantitative estimate of drug-likeness (QED) is 0.869. The fraction of sp³-hybridized carbons (Fsp3) is 0.312. The largest absolute Gasteiger partial charge is 0.377 e. The Morgan fingerprint density at radius 3 is 2.67 bits per heavy atom. The third-order valence-corrected chi connectivity index (χ3v) is 3.23. The Morgan fingerprint density at radius 2 is 2.00 bits per heavy atom. The summed E-state index contributed by atoms with van der Waals surface area (Å²) in [7, 11) is 0. The van der Waals surface area contributed by atoms with Crippen LogP contribution in [0.15, 0.2) is 42.6 Å². The Kier molecular flexibility index (Phi) is 3.98. The maximum Gasteiger partial charge on any atom is 0.0657 e. The van der Waals surface area contributed by atoms with Crippen LogP contribution in [-0.4, -0.2) is 4.98 Å². The van der Waals surface area contributed by atoms with Crippen LogP contribution in [0.5, 0.6) is 0 Å². The van der Waals surface area contributed by atoms with Gasteiger partial charge in [0.25, 0.3) is 0 Å². The molecular formula is C16H20N2. The molecular weight excluding hydrogens is 220 g/mol. The summed E-state index contributed by atoms with van der Waals surface area (Å²) in [4.78, 5) is 4.40. The minimum Gasteiger partial charge on any atom is -0.377 e. The fourth-order valence-electron chi connectivity index (χ4n) is 2.15. The normalized spacial score (nSPS) is 12.2. The van der Waals surface area contributed by atoms with Crippen molar-refractivity contribution in [2.45, 2.75) is 33.2 Å². The molecule has 1 N–H and O–H groups in total. The standard InChI is InChI=1S/C16H20N2/c1-4-14-9-7-8-12(2)16(14)18-13(3)15-10-5-6-11-17-15/h5-11,13,18H,4H2,1-3H3. The molecule has 0 aliphatic heterocycles. The summed E-state index contributed by atoms with van der Waals surface area (Å²) in [5, 5.41) is 3.58. The van der Waals surface area contributed by atoms with E-state index < -0.39 is 0 Å². The Labute approximate surface area is 109 Å². The van der Waals surface area contributed by atoms with Gasteiger partial charge in [-0.25, -0.2) is 0 Å². The number of hydrogen-bond donors (Lipinski definition) is 1. The van der Waals surface area contributed by atoms with Gasteiger partial charge in [0.1, 0.15) is 0 Å². The maximum atomic E-state index is 4.40. The van der Waals surface area contributed by atoms with Gasteiger partial charge < -0.3 is 5.32 Å². The molecule has 18 heavy (non-hydrogen) atoms. The van der Waals surface area contributed by atoms with E-state index in [0.29, 0.717) is 0 Å². The van der Waals surface area contributed by atoms with Crippen LogP contribution in [0.25, 0.3) is 0 Å². The minimum absolute atomic E-state index is 0.220. The third kappa shape index (κ3) is 2.70. The number of rotatable bonds is 4. The first kappa shape index (κ1) is 12.6. The number of aromatic nitrogens is 1. The number of pyridine rings is 1. The molecule has 94 valence electrons. The van der Waals surface area contributed by atoms with E-state index in [2.05, 4.69) is 55.3 Å². The zero-order chi connectivity index (χ0) is 13.0. The highest BCUT2D eigenvalue weighted by atomic mass is 14.9. The first-order chi connectivity index (χ1) is 8.72. The van der Waals surface area contributed by atoms with Crippen molar-refractivity contribution in [3.63, 3.8) is 0 Å². The van der Waals surface area contributed by atoms with Crippen LogP contribution < -0.4 is 5.32 Å². The molecule has 0 aliphatic carbocycles. The SMILES string of the molecule is CCc1cccc(C)c1NC(C)c1ccccn1. The number of para-hydroxylation sites is 1. The molecule has 1 aromatic carbocycles. The minimum atomic E-state index is 0.220. The lowest BCUT2D eigenvalue weighted by Crippen LogP contribution is -2.10. The molecule has 1 heterocycles. The van der Waals surface area contributed by atoms with Gasteiger partial charge in [-0.15, -0.1) is 0 Å².